The molecule has 1 aliphatic heterocycles. The van der Waals surface area contributed by atoms with Crippen molar-refractivity contribution < 1.29 is 18.8 Å². The van der Waals surface area contributed by atoms with Crippen molar-refractivity contribution in [2.24, 2.45) is 0 Å². The predicted octanol–water partition coefficient (Wildman–Crippen LogP) is 2.18. The predicted molar refractivity (Wildman–Crippen MR) is 91.4 cm³/mol. The number of urea groups is 1. The average Bonchev–Trinajstić information content (AvgIpc) is 3.31. The van der Waals surface area contributed by atoms with E-state index in [1.54, 1.807) is 23.1 Å². The van der Waals surface area contributed by atoms with Gasteiger partial charge in [0, 0.05) is 18.2 Å². The van der Waals surface area contributed by atoms with Gasteiger partial charge in [-0.05, 0) is 31.7 Å². The number of nitrogens with zero attached hydrogens (tertiary/aromatic N) is 2. The summed E-state index contributed by atoms with van der Waals surface area (Å²) in [5, 5.41) is 2.78. The minimum atomic E-state index is -0.812. The highest BCUT2D eigenvalue weighted by Crippen LogP contribution is 2.35. The monoisotopic (exact) mass is 359 g/mol. The molecule has 0 atom stereocenters. The summed E-state index contributed by atoms with van der Waals surface area (Å²) in [4.78, 5) is 40.4. The van der Waals surface area contributed by atoms with Gasteiger partial charge in [0.15, 0.2) is 0 Å². The van der Waals surface area contributed by atoms with Gasteiger partial charge in [0.1, 0.15) is 17.9 Å². The van der Waals surface area contributed by atoms with Crippen LogP contribution in [0.1, 0.15) is 44.1 Å². The highest BCUT2D eigenvalue weighted by Gasteiger charge is 2.53. The van der Waals surface area contributed by atoms with E-state index in [9.17, 15) is 18.8 Å². The van der Waals surface area contributed by atoms with Crippen molar-refractivity contribution in [2.45, 2.75) is 56.7 Å². The molecule has 3 aliphatic rings. The van der Waals surface area contributed by atoms with Gasteiger partial charge in [-0.2, -0.15) is 0 Å². The summed E-state index contributed by atoms with van der Waals surface area (Å²) >= 11 is 0. The Labute approximate surface area is 151 Å². The van der Waals surface area contributed by atoms with E-state index >= 15 is 0 Å². The molecule has 7 heteroatoms. The zero-order valence-corrected chi connectivity index (χ0v) is 14.5. The van der Waals surface area contributed by atoms with Crippen LogP contribution in [-0.4, -0.2) is 45.8 Å². The fourth-order valence-corrected chi connectivity index (χ4v) is 3.98. The van der Waals surface area contributed by atoms with Crippen molar-refractivity contribution in [2.75, 3.05) is 6.54 Å². The molecule has 1 aromatic carbocycles. The largest absolute Gasteiger partial charge is 0.334 e. The number of amides is 4. The molecule has 4 rings (SSSR count). The van der Waals surface area contributed by atoms with Gasteiger partial charge in [0.2, 0.25) is 5.91 Å². The zero-order chi connectivity index (χ0) is 18.3. The molecular weight excluding hydrogens is 337 g/mol. The summed E-state index contributed by atoms with van der Waals surface area (Å²) in [6.07, 6.45) is 4.78. The van der Waals surface area contributed by atoms with Crippen LogP contribution in [0.3, 0.4) is 0 Å². The molecule has 2 aliphatic carbocycles. The maximum absolute atomic E-state index is 14.0. The summed E-state index contributed by atoms with van der Waals surface area (Å²) in [5.74, 6) is -0.963. The van der Waals surface area contributed by atoms with Crippen molar-refractivity contribution >= 4 is 17.8 Å². The van der Waals surface area contributed by atoms with E-state index < -0.39 is 11.6 Å². The van der Waals surface area contributed by atoms with E-state index in [1.165, 1.54) is 6.07 Å². The Morgan fingerprint density at radius 3 is 2.58 bits per heavy atom. The molecule has 1 heterocycles. The van der Waals surface area contributed by atoms with Gasteiger partial charge >= 0.3 is 6.03 Å². The number of benzene rings is 1. The molecule has 1 saturated heterocycles. The minimum absolute atomic E-state index is 0.0586. The number of imide groups is 1. The van der Waals surface area contributed by atoms with Crippen LogP contribution in [0.25, 0.3) is 0 Å². The number of nitrogens with one attached hydrogen (secondary N) is 1. The van der Waals surface area contributed by atoms with Crippen LogP contribution in [-0.2, 0) is 16.1 Å². The fraction of sp³-hybridized carbons (Fsp3) is 0.526. The summed E-state index contributed by atoms with van der Waals surface area (Å²) in [6.45, 7) is -0.123. The van der Waals surface area contributed by atoms with Crippen LogP contribution in [0, 0.1) is 5.82 Å². The molecule has 0 aromatic heterocycles. The molecule has 2 saturated carbocycles. The van der Waals surface area contributed by atoms with Gasteiger partial charge in [-0.1, -0.05) is 31.0 Å². The second kappa shape index (κ2) is 6.37. The smallest absolute Gasteiger partial charge is 0.325 e. The molecule has 138 valence electrons. The Morgan fingerprint density at radius 2 is 1.92 bits per heavy atom. The Kier molecular flexibility index (Phi) is 4.17. The average molecular weight is 359 g/mol. The third-order valence-electron chi connectivity index (χ3n) is 5.60. The maximum atomic E-state index is 14.0. The fourth-order valence-electron chi connectivity index (χ4n) is 3.98. The standard InChI is InChI=1S/C19H22FN3O3/c20-15-6-2-1-5-13(15)11-22(14-7-8-14)16(24)12-23-17(25)19(21-18(23)26)9-3-4-10-19/h1-2,5-6,14H,3-4,7-12H2,(H,21,26). The van der Waals surface area contributed by atoms with Gasteiger partial charge in [-0.15, -0.1) is 0 Å². The molecule has 1 N–H and O–H groups in total. The van der Waals surface area contributed by atoms with Gasteiger partial charge in [0.25, 0.3) is 5.91 Å². The quantitative estimate of drug-likeness (QED) is 0.820. The number of carbonyl (C=O) groups excluding carboxylic acids is 3. The number of carbonyl (C=O) groups is 3. The number of hydrogen-bond acceptors (Lipinski definition) is 3. The van der Waals surface area contributed by atoms with Gasteiger partial charge in [-0.25, -0.2) is 9.18 Å². The SMILES string of the molecule is O=C1NC2(CCCC2)C(=O)N1CC(=O)N(Cc1ccccc1F)C1CC1. The molecule has 1 aromatic rings. The van der Waals surface area contributed by atoms with Gasteiger partial charge in [-0.3, -0.25) is 14.5 Å². The molecule has 0 bridgehead atoms. The third-order valence-corrected chi connectivity index (χ3v) is 5.60. The first-order chi connectivity index (χ1) is 12.5. The van der Waals surface area contributed by atoms with Crippen molar-refractivity contribution in [1.82, 2.24) is 15.1 Å². The summed E-state index contributed by atoms with van der Waals surface area (Å²) in [5.41, 5.74) is -0.370. The Balaban J connectivity index is 1.48. The first-order valence-electron chi connectivity index (χ1n) is 9.17. The van der Waals surface area contributed by atoms with Crippen molar-refractivity contribution in [3.63, 3.8) is 0 Å². The molecule has 4 amide bonds. The molecule has 0 radical (unpaired) electrons. The first-order valence-corrected chi connectivity index (χ1v) is 9.17. The summed E-state index contributed by atoms with van der Waals surface area (Å²) in [7, 11) is 0. The van der Waals surface area contributed by atoms with E-state index in [0.29, 0.717) is 18.4 Å². The number of rotatable bonds is 5. The lowest BCUT2D eigenvalue weighted by atomic mass is 9.98. The highest BCUT2D eigenvalue weighted by atomic mass is 19.1. The van der Waals surface area contributed by atoms with Gasteiger partial charge in [0.05, 0.1) is 0 Å². The van der Waals surface area contributed by atoms with Crippen LogP contribution in [0.2, 0.25) is 0 Å². The topological polar surface area (TPSA) is 69.7 Å². The van der Waals surface area contributed by atoms with Crippen molar-refractivity contribution in [1.29, 1.82) is 0 Å². The lowest BCUT2D eigenvalue weighted by Crippen LogP contribution is -2.46. The molecule has 26 heavy (non-hydrogen) atoms. The first kappa shape index (κ1) is 17.0. The molecule has 3 fully saturated rings. The van der Waals surface area contributed by atoms with Gasteiger partial charge < -0.3 is 10.2 Å². The normalized spacial score (nSPS) is 21.3. The van der Waals surface area contributed by atoms with Crippen LogP contribution < -0.4 is 5.32 Å². The molecule has 0 unspecified atom stereocenters. The van der Waals surface area contributed by atoms with Crippen LogP contribution in [0.15, 0.2) is 24.3 Å². The maximum Gasteiger partial charge on any atom is 0.325 e. The number of halogens is 1. The highest BCUT2D eigenvalue weighted by molar-refractivity contribution is 6.09. The van der Waals surface area contributed by atoms with Crippen LogP contribution in [0.5, 0.6) is 0 Å². The summed E-state index contributed by atoms with van der Waals surface area (Å²) in [6, 6.07) is 5.92. The summed E-state index contributed by atoms with van der Waals surface area (Å²) < 4.78 is 14.0. The van der Waals surface area contributed by atoms with E-state index in [0.717, 1.165) is 30.6 Å². The molecular formula is C19H22FN3O3. The van der Waals surface area contributed by atoms with E-state index in [4.69, 9.17) is 0 Å². The molecule has 1 spiro atoms. The van der Waals surface area contributed by atoms with Crippen LogP contribution >= 0.6 is 0 Å². The lowest BCUT2D eigenvalue weighted by molar-refractivity contribution is -0.139. The minimum Gasteiger partial charge on any atom is -0.334 e. The van der Waals surface area contributed by atoms with E-state index in [-0.39, 0.29) is 36.8 Å². The van der Waals surface area contributed by atoms with Crippen molar-refractivity contribution in [3.05, 3.63) is 35.6 Å². The van der Waals surface area contributed by atoms with Crippen LogP contribution in [0.4, 0.5) is 9.18 Å². The zero-order valence-electron chi connectivity index (χ0n) is 14.5. The Morgan fingerprint density at radius 1 is 1.23 bits per heavy atom. The Hall–Kier alpha value is -2.44. The number of hydrogen-bond donors (Lipinski definition) is 1. The van der Waals surface area contributed by atoms with Crippen molar-refractivity contribution in [3.8, 4) is 0 Å². The lowest BCUT2D eigenvalue weighted by Gasteiger charge is -2.25. The van der Waals surface area contributed by atoms with E-state index in [1.807, 2.05) is 0 Å². The van der Waals surface area contributed by atoms with E-state index in [2.05, 4.69) is 5.32 Å². The third kappa shape index (κ3) is 2.95. The Bertz CT molecular complexity index is 756. The molecule has 6 nitrogen and oxygen atoms in total. The second-order valence-corrected chi connectivity index (χ2v) is 7.45. The second-order valence-electron chi connectivity index (χ2n) is 7.45.